The van der Waals surface area contributed by atoms with E-state index in [0.717, 1.165) is 19.3 Å². The van der Waals surface area contributed by atoms with E-state index in [9.17, 15) is 9.59 Å². The number of nitrogens with one attached hydrogen (secondary N) is 1. The maximum atomic E-state index is 12.1. The van der Waals surface area contributed by atoms with Gasteiger partial charge in [-0.3, -0.25) is 9.59 Å². The van der Waals surface area contributed by atoms with E-state index in [1.807, 2.05) is 6.92 Å². The first-order chi connectivity index (χ1) is 10.1. The predicted molar refractivity (Wildman–Crippen MR) is 79.8 cm³/mol. The first-order valence-corrected chi connectivity index (χ1v) is 7.32. The van der Waals surface area contributed by atoms with Gasteiger partial charge in [0.15, 0.2) is 5.78 Å². The highest BCUT2D eigenvalue weighted by molar-refractivity contribution is 5.99. The lowest BCUT2D eigenvalue weighted by Gasteiger charge is -2.15. The Morgan fingerprint density at radius 3 is 2.86 bits per heavy atom. The highest BCUT2D eigenvalue weighted by Gasteiger charge is 2.24. The maximum absolute atomic E-state index is 12.1. The number of ketones is 1. The van der Waals surface area contributed by atoms with Crippen LogP contribution in [0, 0.1) is 0 Å². The van der Waals surface area contributed by atoms with Gasteiger partial charge in [0.25, 0.3) is 5.91 Å². The number of hydrogen-bond acceptors (Lipinski definition) is 4. The SMILES string of the molecule is CCCOc1ccc(C(C)=O)cc1NC(=O)C1CCCO1. The van der Waals surface area contributed by atoms with Crippen LogP contribution in [0.4, 0.5) is 5.69 Å². The van der Waals surface area contributed by atoms with Gasteiger partial charge in [-0.25, -0.2) is 0 Å². The number of benzene rings is 1. The zero-order chi connectivity index (χ0) is 15.2. The molecular formula is C16H21NO4. The first kappa shape index (κ1) is 15.5. The van der Waals surface area contributed by atoms with Crippen LogP contribution in [0.5, 0.6) is 5.75 Å². The van der Waals surface area contributed by atoms with Crippen LogP contribution in [0.25, 0.3) is 0 Å². The van der Waals surface area contributed by atoms with Crippen LogP contribution in [0.15, 0.2) is 18.2 Å². The number of carbonyl (C=O) groups is 2. The number of hydrogen-bond donors (Lipinski definition) is 1. The molecule has 0 bridgehead atoms. The van der Waals surface area contributed by atoms with Crippen molar-refractivity contribution >= 4 is 17.4 Å². The molecule has 5 nitrogen and oxygen atoms in total. The minimum atomic E-state index is -0.412. The van der Waals surface area contributed by atoms with Crippen molar-refractivity contribution in [2.45, 2.75) is 39.2 Å². The number of Topliss-reactive ketones (excluding diaryl/α,β-unsaturated/α-hetero) is 1. The molecule has 0 aromatic heterocycles. The van der Waals surface area contributed by atoms with Crippen LogP contribution in [0.1, 0.15) is 43.5 Å². The molecule has 0 saturated carbocycles. The van der Waals surface area contributed by atoms with Gasteiger partial charge in [-0.1, -0.05) is 6.92 Å². The molecule has 0 radical (unpaired) electrons. The summed E-state index contributed by atoms with van der Waals surface area (Å²) in [5, 5.41) is 2.82. The highest BCUT2D eigenvalue weighted by Crippen LogP contribution is 2.27. The topological polar surface area (TPSA) is 64.6 Å². The molecule has 5 heteroatoms. The smallest absolute Gasteiger partial charge is 0.253 e. The third-order valence-electron chi connectivity index (χ3n) is 3.33. The van der Waals surface area contributed by atoms with E-state index in [2.05, 4.69) is 5.32 Å². The second-order valence-electron chi connectivity index (χ2n) is 5.11. The average Bonchev–Trinajstić information content (AvgIpc) is 3.00. The molecule has 1 N–H and O–H groups in total. The zero-order valence-electron chi connectivity index (χ0n) is 12.5. The summed E-state index contributed by atoms with van der Waals surface area (Å²) in [5.74, 6) is 0.340. The van der Waals surface area contributed by atoms with E-state index in [4.69, 9.17) is 9.47 Å². The minimum Gasteiger partial charge on any atom is -0.491 e. The molecule has 1 fully saturated rings. The van der Waals surface area contributed by atoms with Crippen LogP contribution in [0.2, 0.25) is 0 Å². The van der Waals surface area contributed by atoms with E-state index >= 15 is 0 Å². The monoisotopic (exact) mass is 291 g/mol. The Morgan fingerprint density at radius 2 is 2.24 bits per heavy atom. The van der Waals surface area contributed by atoms with E-state index in [1.165, 1.54) is 6.92 Å². The van der Waals surface area contributed by atoms with Gasteiger partial charge in [0.2, 0.25) is 0 Å². The summed E-state index contributed by atoms with van der Waals surface area (Å²) < 4.78 is 11.0. The summed E-state index contributed by atoms with van der Waals surface area (Å²) in [4.78, 5) is 23.6. The molecule has 1 unspecified atom stereocenters. The van der Waals surface area contributed by atoms with Crippen molar-refractivity contribution in [1.29, 1.82) is 0 Å². The minimum absolute atomic E-state index is 0.0512. The van der Waals surface area contributed by atoms with Gasteiger partial charge in [-0.15, -0.1) is 0 Å². The van der Waals surface area contributed by atoms with Crippen LogP contribution < -0.4 is 10.1 Å². The van der Waals surface area contributed by atoms with Crippen LogP contribution in [-0.2, 0) is 9.53 Å². The molecule has 21 heavy (non-hydrogen) atoms. The molecule has 1 amide bonds. The van der Waals surface area contributed by atoms with Gasteiger partial charge in [-0.05, 0) is 44.4 Å². The van der Waals surface area contributed by atoms with E-state index in [0.29, 0.717) is 30.2 Å². The Hall–Kier alpha value is -1.88. The van der Waals surface area contributed by atoms with Crippen molar-refractivity contribution in [3.8, 4) is 5.75 Å². The van der Waals surface area contributed by atoms with E-state index in [1.54, 1.807) is 18.2 Å². The molecule has 1 aliphatic heterocycles. The van der Waals surface area contributed by atoms with E-state index < -0.39 is 6.10 Å². The Morgan fingerprint density at radius 1 is 1.43 bits per heavy atom. The van der Waals surface area contributed by atoms with Gasteiger partial charge >= 0.3 is 0 Å². The Balaban J connectivity index is 2.18. The number of anilines is 1. The number of ether oxygens (including phenoxy) is 2. The van der Waals surface area contributed by atoms with Crippen LogP contribution in [-0.4, -0.2) is 31.0 Å². The van der Waals surface area contributed by atoms with Crippen molar-refractivity contribution in [3.05, 3.63) is 23.8 Å². The van der Waals surface area contributed by atoms with Crippen LogP contribution in [0.3, 0.4) is 0 Å². The molecule has 114 valence electrons. The summed E-state index contributed by atoms with van der Waals surface area (Å²) in [6.07, 6.45) is 2.08. The third-order valence-corrected chi connectivity index (χ3v) is 3.33. The van der Waals surface area contributed by atoms with Gasteiger partial charge in [-0.2, -0.15) is 0 Å². The fourth-order valence-corrected chi connectivity index (χ4v) is 2.18. The molecule has 0 spiro atoms. The second kappa shape index (κ2) is 7.22. The number of rotatable bonds is 6. The predicted octanol–water partition coefficient (Wildman–Crippen LogP) is 2.80. The van der Waals surface area contributed by atoms with Crippen molar-refractivity contribution in [2.75, 3.05) is 18.5 Å². The molecule has 1 aromatic rings. The molecule has 2 rings (SSSR count). The van der Waals surface area contributed by atoms with E-state index in [-0.39, 0.29) is 11.7 Å². The molecule has 1 saturated heterocycles. The standard InChI is InChI=1S/C16H21NO4/c1-3-8-20-14-7-6-12(11(2)18)10-13(14)17-16(19)15-5-4-9-21-15/h6-7,10,15H,3-5,8-9H2,1-2H3,(H,17,19). The molecule has 1 aromatic carbocycles. The lowest BCUT2D eigenvalue weighted by atomic mass is 10.1. The van der Waals surface area contributed by atoms with Gasteiger partial charge in [0.05, 0.1) is 12.3 Å². The fraction of sp³-hybridized carbons (Fsp3) is 0.500. The average molecular weight is 291 g/mol. The summed E-state index contributed by atoms with van der Waals surface area (Å²) >= 11 is 0. The van der Waals surface area contributed by atoms with Gasteiger partial charge < -0.3 is 14.8 Å². The number of amides is 1. The Kier molecular flexibility index (Phi) is 5.33. The maximum Gasteiger partial charge on any atom is 0.253 e. The van der Waals surface area contributed by atoms with Gasteiger partial charge in [0, 0.05) is 12.2 Å². The summed E-state index contributed by atoms with van der Waals surface area (Å²) in [6, 6.07) is 5.08. The normalized spacial score (nSPS) is 17.5. The summed E-state index contributed by atoms with van der Waals surface area (Å²) in [6.45, 7) is 4.68. The largest absolute Gasteiger partial charge is 0.491 e. The lowest BCUT2D eigenvalue weighted by Crippen LogP contribution is -2.27. The fourth-order valence-electron chi connectivity index (χ4n) is 2.18. The first-order valence-electron chi connectivity index (χ1n) is 7.32. The Labute approximate surface area is 124 Å². The van der Waals surface area contributed by atoms with Gasteiger partial charge in [0.1, 0.15) is 11.9 Å². The third kappa shape index (κ3) is 4.04. The molecule has 0 aliphatic carbocycles. The lowest BCUT2D eigenvalue weighted by molar-refractivity contribution is -0.124. The molecule has 1 atom stereocenters. The summed E-state index contributed by atoms with van der Waals surface area (Å²) in [7, 11) is 0. The van der Waals surface area contributed by atoms with Crippen molar-refractivity contribution < 1.29 is 19.1 Å². The Bertz CT molecular complexity index is 521. The quantitative estimate of drug-likeness (QED) is 0.819. The summed E-state index contributed by atoms with van der Waals surface area (Å²) in [5.41, 5.74) is 1.07. The number of carbonyl (C=O) groups excluding carboxylic acids is 2. The molecule has 1 aliphatic rings. The molecule has 1 heterocycles. The zero-order valence-corrected chi connectivity index (χ0v) is 12.5. The molecular weight excluding hydrogens is 270 g/mol. The second-order valence-corrected chi connectivity index (χ2v) is 5.11. The highest BCUT2D eigenvalue weighted by atomic mass is 16.5. The van der Waals surface area contributed by atoms with Crippen molar-refractivity contribution in [3.63, 3.8) is 0 Å². The van der Waals surface area contributed by atoms with Crippen molar-refractivity contribution in [1.82, 2.24) is 0 Å². The van der Waals surface area contributed by atoms with Crippen molar-refractivity contribution in [2.24, 2.45) is 0 Å². The van der Waals surface area contributed by atoms with Crippen LogP contribution >= 0.6 is 0 Å².